The third kappa shape index (κ3) is 3.73. The number of furan rings is 1. The molecular formula is C22H21N3O3S. The molecule has 0 bridgehead atoms. The minimum Gasteiger partial charge on any atom is -0.478 e. The highest BCUT2D eigenvalue weighted by molar-refractivity contribution is 7.80. The maximum Gasteiger partial charge on any atom is 0.335 e. The number of carboxylic acid groups (broad SMARTS) is 1. The third-order valence-electron chi connectivity index (χ3n) is 5.00. The smallest absolute Gasteiger partial charge is 0.335 e. The number of carbonyl (C=O) groups is 1. The number of nitrogens with zero attached hydrogens (tertiary/aromatic N) is 2. The van der Waals surface area contributed by atoms with Crippen LogP contribution in [0.2, 0.25) is 0 Å². The molecule has 2 N–H and O–H groups in total. The summed E-state index contributed by atoms with van der Waals surface area (Å²) in [7, 11) is 0. The van der Waals surface area contributed by atoms with E-state index in [1.165, 1.54) is 0 Å². The summed E-state index contributed by atoms with van der Waals surface area (Å²) < 4.78 is 6.21. The highest BCUT2D eigenvalue weighted by Gasteiger charge is 2.41. The molecule has 1 aromatic carbocycles. The average Bonchev–Trinajstić information content (AvgIpc) is 3.34. The van der Waals surface area contributed by atoms with Crippen molar-refractivity contribution >= 4 is 23.3 Å². The van der Waals surface area contributed by atoms with Gasteiger partial charge in [-0.2, -0.15) is 0 Å². The lowest BCUT2D eigenvalue weighted by atomic mass is 10.0. The third-order valence-corrected chi connectivity index (χ3v) is 5.35. The van der Waals surface area contributed by atoms with Crippen LogP contribution in [0.25, 0.3) is 11.3 Å². The standard InChI is InChI=1S/C22H21N3O3S/c1-2-13-25-20(19(24-22(25)29)16-5-3-4-12-23-16)18-11-10-17(28-18)14-6-8-15(9-7-14)21(26)27/h3-12,19-20H,2,13H2,1H3,(H,24,29)(H,26,27)/t19-,20-/m0/s1. The summed E-state index contributed by atoms with van der Waals surface area (Å²) in [4.78, 5) is 17.7. The second-order valence-electron chi connectivity index (χ2n) is 6.90. The summed E-state index contributed by atoms with van der Waals surface area (Å²) in [5.41, 5.74) is 1.98. The van der Waals surface area contributed by atoms with E-state index in [-0.39, 0.29) is 17.6 Å². The summed E-state index contributed by atoms with van der Waals surface area (Å²) in [6, 6.07) is 16.1. The SMILES string of the molecule is CCCN1C(=S)N[C@@H](c2ccccn2)[C@@H]1c1ccc(-c2ccc(C(=O)O)cc2)o1. The average molecular weight is 407 g/mol. The van der Waals surface area contributed by atoms with Crippen molar-refractivity contribution in [3.8, 4) is 11.3 Å². The van der Waals surface area contributed by atoms with Gasteiger partial charge in [0.25, 0.3) is 0 Å². The van der Waals surface area contributed by atoms with Crippen LogP contribution < -0.4 is 5.32 Å². The fraction of sp³-hybridized carbons (Fsp3) is 0.227. The van der Waals surface area contributed by atoms with Crippen LogP contribution in [0, 0.1) is 0 Å². The molecule has 1 fully saturated rings. The molecule has 0 aliphatic carbocycles. The van der Waals surface area contributed by atoms with Crippen molar-refractivity contribution < 1.29 is 14.3 Å². The van der Waals surface area contributed by atoms with E-state index in [1.54, 1.807) is 30.5 Å². The number of carboxylic acids is 1. The molecular weight excluding hydrogens is 386 g/mol. The van der Waals surface area contributed by atoms with E-state index in [0.717, 1.165) is 30.0 Å². The molecule has 6 nitrogen and oxygen atoms in total. The van der Waals surface area contributed by atoms with E-state index in [1.807, 2.05) is 30.3 Å². The Balaban J connectivity index is 1.68. The van der Waals surface area contributed by atoms with Crippen molar-refractivity contribution in [2.24, 2.45) is 0 Å². The van der Waals surface area contributed by atoms with Gasteiger partial charge >= 0.3 is 5.97 Å². The molecule has 0 spiro atoms. The predicted molar refractivity (Wildman–Crippen MR) is 114 cm³/mol. The number of hydrogen-bond acceptors (Lipinski definition) is 4. The number of nitrogens with one attached hydrogen (secondary N) is 1. The van der Waals surface area contributed by atoms with Crippen LogP contribution in [0.5, 0.6) is 0 Å². The lowest BCUT2D eigenvalue weighted by Crippen LogP contribution is -2.30. The van der Waals surface area contributed by atoms with Crippen LogP contribution in [0.15, 0.2) is 65.2 Å². The second kappa shape index (κ2) is 8.05. The van der Waals surface area contributed by atoms with Crippen molar-refractivity contribution in [3.63, 3.8) is 0 Å². The fourth-order valence-corrected chi connectivity index (χ4v) is 3.97. The van der Waals surface area contributed by atoms with Gasteiger partial charge in [-0.15, -0.1) is 0 Å². The molecule has 1 saturated heterocycles. The number of pyridine rings is 1. The first-order valence-electron chi connectivity index (χ1n) is 9.50. The molecule has 2 aromatic heterocycles. The van der Waals surface area contributed by atoms with Crippen molar-refractivity contribution in [2.75, 3.05) is 6.54 Å². The van der Waals surface area contributed by atoms with Crippen LogP contribution in [0.1, 0.15) is 47.2 Å². The monoisotopic (exact) mass is 407 g/mol. The van der Waals surface area contributed by atoms with E-state index in [2.05, 4.69) is 22.1 Å². The van der Waals surface area contributed by atoms with Gasteiger partial charge < -0.3 is 19.7 Å². The van der Waals surface area contributed by atoms with Crippen molar-refractivity contribution in [3.05, 3.63) is 77.8 Å². The molecule has 1 aliphatic rings. The Morgan fingerprint density at radius 1 is 1.21 bits per heavy atom. The molecule has 0 radical (unpaired) electrons. The van der Waals surface area contributed by atoms with Gasteiger partial charge in [0.05, 0.1) is 17.3 Å². The summed E-state index contributed by atoms with van der Waals surface area (Å²) in [6.45, 7) is 2.93. The first-order valence-corrected chi connectivity index (χ1v) is 9.91. The molecule has 7 heteroatoms. The van der Waals surface area contributed by atoms with Crippen LogP contribution in [-0.2, 0) is 0 Å². The van der Waals surface area contributed by atoms with Crippen molar-refractivity contribution in [1.82, 2.24) is 15.2 Å². The van der Waals surface area contributed by atoms with Gasteiger partial charge in [-0.1, -0.05) is 25.1 Å². The lowest BCUT2D eigenvalue weighted by Gasteiger charge is -2.25. The fourth-order valence-electron chi connectivity index (χ4n) is 3.64. The summed E-state index contributed by atoms with van der Waals surface area (Å²) in [6.07, 6.45) is 2.73. The quantitative estimate of drug-likeness (QED) is 0.586. The van der Waals surface area contributed by atoms with E-state index in [4.69, 9.17) is 21.7 Å². The molecule has 0 unspecified atom stereocenters. The number of hydrogen-bond donors (Lipinski definition) is 2. The molecule has 2 atom stereocenters. The first kappa shape index (κ1) is 19.1. The Labute approximate surface area is 174 Å². The number of thiocarbonyl (C=S) groups is 1. The second-order valence-corrected chi connectivity index (χ2v) is 7.29. The topological polar surface area (TPSA) is 78.6 Å². The minimum atomic E-state index is -0.948. The number of aromatic nitrogens is 1. The molecule has 148 valence electrons. The van der Waals surface area contributed by atoms with Gasteiger partial charge in [-0.05, 0) is 55.0 Å². The van der Waals surface area contributed by atoms with Gasteiger partial charge in [0.15, 0.2) is 5.11 Å². The number of benzene rings is 1. The first-order chi connectivity index (χ1) is 14.1. The molecule has 0 amide bonds. The lowest BCUT2D eigenvalue weighted by molar-refractivity contribution is 0.0697. The molecule has 3 aromatic rings. The Morgan fingerprint density at radius 3 is 2.66 bits per heavy atom. The van der Waals surface area contributed by atoms with Crippen LogP contribution in [-0.4, -0.2) is 32.6 Å². The zero-order valence-corrected chi connectivity index (χ0v) is 16.7. The van der Waals surface area contributed by atoms with Gasteiger partial charge in [0, 0.05) is 18.3 Å². The Bertz CT molecular complexity index is 1020. The van der Waals surface area contributed by atoms with E-state index < -0.39 is 5.97 Å². The number of rotatable bonds is 6. The highest BCUT2D eigenvalue weighted by atomic mass is 32.1. The van der Waals surface area contributed by atoms with Crippen LogP contribution in [0.3, 0.4) is 0 Å². The zero-order chi connectivity index (χ0) is 20.4. The Hall–Kier alpha value is -3.19. The predicted octanol–water partition coefficient (Wildman–Crippen LogP) is 4.42. The largest absolute Gasteiger partial charge is 0.478 e. The van der Waals surface area contributed by atoms with E-state index in [9.17, 15) is 4.79 Å². The minimum absolute atomic E-state index is 0.107. The molecule has 3 heterocycles. The molecule has 4 rings (SSSR count). The summed E-state index contributed by atoms with van der Waals surface area (Å²) >= 11 is 5.59. The van der Waals surface area contributed by atoms with E-state index >= 15 is 0 Å². The summed E-state index contributed by atoms with van der Waals surface area (Å²) in [5, 5.41) is 13.2. The maximum atomic E-state index is 11.1. The molecule has 1 aliphatic heterocycles. The Morgan fingerprint density at radius 2 is 2.00 bits per heavy atom. The van der Waals surface area contributed by atoms with Gasteiger partial charge in [-0.25, -0.2) is 4.79 Å². The molecule has 29 heavy (non-hydrogen) atoms. The normalized spacial score (nSPS) is 18.7. The highest BCUT2D eigenvalue weighted by Crippen LogP contribution is 2.40. The Kier molecular flexibility index (Phi) is 5.31. The zero-order valence-electron chi connectivity index (χ0n) is 15.9. The van der Waals surface area contributed by atoms with E-state index in [0.29, 0.717) is 10.9 Å². The van der Waals surface area contributed by atoms with Crippen LogP contribution >= 0.6 is 12.2 Å². The maximum absolute atomic E-state index is 11.1. The molecule has 0 saturated carbocycles. The summed E-state index contributed by atoms with van der Waals surface area (Å²) in [5.74, 6) is 0.528. The van der Waals surface area contributed by atoms with Crippen LogP contribution in [0.4, 0.5) is 0 Å². The van der Waals surface area contributed by atoms with Crippen molar-refractivity contribution in [1.29, 1.82) is 0 Å². The van der Waals surface area contributed by atoms with Gasteiger partial charge in [-0.3, -0.25) is 4.98 Å². The number of aromatic carboxylic acids is 1. The van der Waals surface area contributed by atoms with Crippen molar-refractivity contribution in [2.45, 2.75) is 25.4 Å². The van der Waals surface area contributed by atoms with Gasteiger partial charge in [0.2, 0.25) is 0 Å². The van der Waals surface area contributed by atoms with Gasteiger partial charge in [0.1, 0.15) is 17.6 Å².